The number of hydrogen-bond donors (Lipinski definition) is 3. The second-order valence-corrected chi connectivity index (χ2v) is 7.19. The van der Waals surface area contributed by atoms with Gasteiger partial charge < -0.3 is 14.9 Å². The fourth-order valence-corrected chi connectivity index (χ4v) is 3.02. The van der Waals surface area contributed by atoms with Gasteiger partial charge in [0.2, 0.25) is 0 Å². The third-order valence-corrected chi connectivity index (χ3v) is 4.66. The molecule has 0 unspecified atom stereocenters. The summed E-state index contributed by atoms with van der Waals surface area (Å²) in [5.41, 5.74) is 1.48. The number of phenolic OH excluding ortho intramolecular Hbond substituents is 1. The van der Waals surface area contributed by atoms with Crippen LogP contribution in [-0.2, 0) is 4.74 Å². The smallest absolute Gasteiger partial charge is 0.412 e. The fourth-order valence-electron chi connectivity index (χ4n) is 2.65. The van der Waals surface area contributed by atoms with Gasteiger partial charge in [-0.2, -0.15) is 0 Å². The van der Waals surface area contributed by atoms with Crippen molar-refractivity contribution in [2.24, 2.45) is 5.92 Å². The predicted octanol–water partition coefficient (Wildman–Crippen LogP) is 4.67. The molecule has 6 nitrogen and oxygen atoms in total. The molecule has 2 aromatic carbocycles. The van der Waals surface area contributed by atoms with Crippen molar-refractivity contribution < 1.29 is 24.5 Å². The van der Waals surface area contributed by atoms with Crippen molar-refractivity contribution in [3.63, 3.8) is 0 Å². The number of carbonyl (C=O) groups excluding carboxylic acids is 2. The first kappa shape index (κ1) is 20.9. The number of carbonyl (C=O) groups is 2. The third-order valence-electron chi connectivity index (χ3n) is 4.17. The summed E-state index contributed by atoms with van der Waals surface area (Å²) in [6.45, 7) is 3.23. The van der Waals surface area contributed by atoms with Crippen molar-refractivity contribution in [1.82, 2.24) is 0 Å². The van der Waals surface area contributed by atoms with Gasteiger partial charge in [-0.05, 0) is 61.7 Å². The number of halogens is 1. The molecule has 0 heterocycles. The normalized spacial score (nSPS) is 12.9. The Morgan fingerprint density at radius 2 is 1.85 bits per heavy atom. The van der Waals surface area contributed by atoms with E-state index in [2.05, 4.69) is 21.2 Å². The summed E-state index contributed by atoms with van der Waals surface area (Å²) in [4.78, 5) is 23.7. The lowest BCUT2D eigenvalue weighted by atomic mass is 9.94. The van der Waals surface area contributed by atoms with E-state index in [-0.39, 0.29) is 24.1 Å². The van der Waals surface area contributed by atoms with E-state index in [9.17, 15) is 19.8 Å². The molecule has 0 aliphatic rings. The minimum atomic E-state index is -0.744. The number of benzene rings is 2. The first-order chi connectivity index (χ1) is 12.8. The highest BCUT2D eigenvalue weighted by Crippen LogP contribution is 2.36. The van der Waals surface area contributed by atoms with Crippen molar-refractivity contribution in [2.45, 2.75) is 26.4 Å². The molecule has 2 atom stereocenters. The molecule has 144 valence electrons. The van der Waals surface area contributed by atoms with E-state index in [1.54, 1.807) is 36.4 Å². The Hall–Kier alpha value is -2.38. The average molecular weight is 436 g/mol. The molecular weight excluding hydrogens is 414 g/mol. The van der Waals surface area contributed by atoms with Crippen molar-refractivity contribution in [3.05, 3.63) is 58.1 Å². The number of anilines is 1. The van der Waals surface area contributed by atoms with Gasteiger partial charge in [-0.25, -0.2) is 4.79 Å². The van der Waals surface area contributed by atoms with Gasteiger partial charge in [-0.15, -0.1) is 0 Å². The van der Waals surface area contributed by atoms with E-state index in [0.717, 1.165) is 4.47 Å². The van der Waals surface area contributed by atoms with Gasteiger partial charge in [0.05, 0.1) is 0 Å². The number of ether oxygens (including phenoxy) is 1. The van der Waals surface area contributed by atoms with E-state index in [4.69, 9.17) is 4.74 Å². The van der Waals surface area contributed by atoms with Crippen LogP contribution in [0.4, 0.5) is 10.5 Å². The zero-order valence-corrected chi connectivity index (χ0v) is 16.7. The van der Waals surface area contributed by atoms with Gasteiger partial charge in [-0.1, -0.05) is 22.9 Å². The number of Topliss-reactive ketones (excluding diaryl/α,β-unsaturated/α-hetero) is 1. The van der Waals surface area contributed by atoms with Gasteiger partial charge in [0.25, 0.3) is 0 Å². The van der Waals surface area contributed by atoms with Crippen molar-refractivity contribution in [3.8, 4) is 5.75 Å². The highest BCUT2D eigenvalue weighted by atomic mass is 79.9. The Balaban J connectivity index is 2.17. The molecule has 0 bridgehead atoms. The highest BCUT2D eigenvalue weighted by Gasteiger charge is 2.26. The quantitative estimate of drug-likeness (QED) is 0.549. The summed E-state index contributed by atoms with van der Waals surface area (Å²) < 4.78 is 6.30. The first-order valence-corrected chi connectivity index (χ1v) is 9.29. The average Bonchev–Trinajstić information content (AvgIpc) is 2.62. The number of ketones is 1. The number of nitrogens with one attached hydrogen (secondary N) is 1. The van der Waals surface area contributed by atoms with Crippen molar-refractivity contribution in [2.75, 3.05) is 11.9 Å². The summed E-state index contributed by atoms with van der Waals surface area (Å²) in [6, 6.07) is 11.3. The molecule has 7 heteroatoms. The molecule has 0 aliphatic carbocycles. The highest BCUT2D eigenvalue weighted by molar-refractivity contribution is 9.10. The van der Waals surface area contributed by atoms with Gasteiger partial charge >= 0.3 is 6.09 Å². The zero-order valence-electron chi connectivity index (χ0n) is 15.1. The van der Waals surface area contributed by atoms with Crippen LogP contribution in [0.5, 0.6) is 5.75 Å². The Bertz CT molecular complexity index is 807. The van der Waals surface area contributed by atoms with E-state index in [1.165, 1.54) is 13.0 Å². The number of aliphatic hydroxyl groups excluding tert-OH is 1. The standard InChI is InChI=1S/C20H22BrNO5/c1-12(9-10-23)19(17-11-15(21)5-8-18(17)25)27-20(26)22-16-6-3-14(4-7-16)13(2)24/h3-8,11-12,19,23,25H,9-10H2,1-2H3,(H,22,26)/t12-,19-/m0/s1. The van der Waals surface area contributed by atoms with Crippen LogP contribution in [0.25, 0.3) is 0 Å². The monoisotopic (exact) mass is 435 g/mol. The maximum atomic E-state index is 12.4. The molecule has 27 heavy (non-hydrogen) atoms. The molecule has 0 aromatic heterocycles. The molecule has 0 fully saturated rings. The van der Waals surface area contributed by atoms with Gasteiger partial charge in [0.15, 0.2) is 5.78 Å². The molecule has 0 aliphatic heterocycles. The Labute approximate surface area is 166 Å². The lowest BCUT2D eigenvalue weighted by molar-refractivity contribution is 0.0652. The summed E-state index contributed by atoms with van der Waals surface area (Å²) in [6.07, 6.45) is -1.04. The minimum absolute atomic E-state index is 0.00611. The van der Waals surface area contributed by atoms with Gasteiger partial charge in [0, 0.05) is 27.9 Å². The summed E-state index contributed by atoms with van der Waals surface area (Å²) >= 11 is 3.35. The van der Waals surface area contributed by atoms with Gasteiger partial charge in [0.1, 0.15) is 11.9 Å². The maximum Gasteiger partial charge on any atom is 0.412 e. The number of phenols is 1. The van der Waals surface area contributed by atoms with Crippen LogP contribution in [0.1, 0.15) is 42.3 Å². The minimum Gasteiger partial charge on any atom is -0.508 e. The molecule has 3 N–H and O–H groups in total. The Morgan fingerprint density at radius 3 is 2.44 bits per heavy atom. The summed E-state index contributed by atoms with van der Waals surface area (Å²) in [5.74, 6) is -0.278. The number of rotatable bonds is 7. The van der Waals surface area contributed by atoms with Crippen LogP contribution in [0, 0.1) is 5.92 Å². The van der Waals surface area contributed by atoms with Crippen LogP contribution in [-0.4, -0.2) is 28.7 Å². The lowest BCUT2D eigenvalue weighted by Crippen LogP contribution is -2.22. The van der Waals surface area contributed by atoms with Crippen LogP contribution in [0.3, 0.4) is 0 Å². The van der Waals surface area contributed by atoms with Gasteiger partial charge in [-0.3, -0.25) is 10.1 Å². The molecule has 0 saturated heterocycles. The van der Waals surface area contributed by atoms with E-state index in [0.29, 0.717) is 23.2 Å². The summed E-state index contributed by atoms with van der Waals surface area (Å²) in [7, 11) is 0. The SMILES string of the molecule is CC(=O)c1ccc(NC(=O)O[C@H](c2cc(Br)ccc2O)[C@@H](C)CCO)cc1. The predicted molar refractivity (Wildman–Crippen MR) is 106 cm³/mol. The molecule has 1 amide bonds. The van der Waals surface area contributed by atoms with E-state index >= 15 is 0 Å². The largest absolute Gasteiger partial charge is 0.508 e. The number of aromatic hydroxyl groups is 1. The van der Waals surface area contributed by atoms with Crippen LogP contribution in [0.15, 0.2) is 46.9 Å². The van der Waals surface area contributed by atoms with Crippen LogP contribution >= 0.6 is 15.9 Å². The van der Waals surface area contributed by atoms with Crippen molar-refractivity contribution in [1.29, 1.82) is 0 Å². The maximum absolute atomic E-state index is 12.4. The second kappa shape index (κ2) is 9.53. The molecule has 0 saturated carbocycles. The van der Waals surface area contributed by atoms with Crippen LogP contribution in [0.2, 0.25) is 0 Å². The van der Waals surface area contributed by atoms with E-state index in [1.807, 2.05) is 6.92 Å². The molecule has 0 spiro atoms. The molecule has 2 rings (SSSR count). The molecule has 2 aromatic rings. The van der Waals surface area contributed by atoms with Crippen LogP contribution < -0.4 is 5.32 Å². The molecular formula is C20H22BrNO5. The third kappa shape index (κ3) is 5.80. The van der Waals surface area contributed by atoms with Crippen molar-refractivity contribution >= 4 is 33.5 Å². The number of hydrogen-bond acceptors (Lipinski definition) is 5. The summed E-state index contributed by atoms with van der Waals surface area (Å²) in [5, 5.41) is 22.0. The zero-order chi connectivity index (χ0) is 20.0. The Morgan fingerprint density at radius 1 is 1.19 bits per heavy atom. The topological polar surface area (TPSA) is 95.9 Å². The lowest BCUT2D eigenvalue weighted by Gasteiger charge is -2.25. The fraction of sp³-hybridized carbons (Fsp3) is 0.300. The Kier molecular flexibility index (Phi) is 7.38. The number of amides is 1. The second-order valence-electron chi connectivity index (χ2n) is 6.28. The number of aliphatic hydroxyl groups is 1. The first-order valence-electron chi connectivity index (χ1n) is 8.49. The van der Waals surface area contributed by atoms with E-state index < -0.39 is 12.2 Å². The molecule has 0 radical (unpaired) electrons.